The third-order valence-electron chi connectivity index (χ3n) is 5.90. The number of carbonyl (C=O) groups is 1. The minimum Gasteiger partial charge on any atom is -0.390 e. The van der Waals surface area contributed by atoms with Crippen LogP contribution in [-0.4, -0.2) is 34.6 Å². The molecule has 1 spiro atoms. The van der Waals surface area contributed by atoms with E-state index in [2.05, 4.69) is 30.3 Å². The predicted octanol–water partition coefficient (Wildman–Crippen LogP) is 2.63. The van der Waals surface area contributed by atoms with Gasteiger partial charge in [-0.25, -0.2) is 0 Å². The van der Waals surface area contributed by atoms with Gasteiger partial charge in [0.05, 0.1) is 5.60 Å². The highest BCUT2D eigenvalue weighted by Gasteiger charge is 2.55. The van der Waals surface area contributed by atoms with Gasteiger partial charge in [-0.05, 0) is 50.5 Å². The van der Waals surface area contributed by atoms with Crippen LogP contribution >= 0.6 is 0 Å². The number of aliphatic hydroxyl groups is 1. The van der Waals surface area contributed by atoms with Gasteiger partial charge in [-0.2, -0.15) is 0 Å². The number of rotatable bonds is 3. The summed E-state index contributed by atoms with van der Waals surface area (Å²) in [5, 5.41) is 9.77. The molecule has 1 N–H and O–H groups in total. The van der Waals surface area contributed by atoms with Crippen LogP contribution in [0.1, 0.15) is 38.2 Å². The largest absolute Gasteiger partial charge is 0.390 e. The summed E-state index contributed by atoms with van der Waals surface area (Å²) in [4.78, 5) is 14.3. The molecule has 0 radical (unpaired) electrons. The maximum Gasteiger partial charge on any atom is 0.225 e. The molecule has 3 aliphatic rings. The van der Waals surface area contributed by atoms with Crippen molar-refractivity contribution in [2.24, 2.45) is 17.3 Å². The van der Waals surface area contributed by atoms with Gasteiger partial charge in [0.2, 0.25) is 5.91 Å². The number of carbonyl (C=O) groups excluding carboxylic acids is 1. The lowest BCUT2D eigenvalue weighted by molar-refractivity contribution is -0.171. The Labute approximate surface area is 132 Å². The highest BCUT2D eigenvalue weighted by Crippen LogP contribution is 2.53. The van der Waals surface area contributed by atoms with Crippen molar-refractivity contribution in [2.45, 2.75) is 44.6 Å². The molecule has 1 heterocycles. The van der Waals surface area contributed by atoms with E-state index < -0.39 is 5.60 Å². The van der Waals surface area contributed by atoms with E-state index in [0.29, 0.717) is 18.3 Å². The summed E-state index contributed by atoms with van der Waals surface area (Å²) in [6, 6.07) is 10.7. The summed E-state index contributed by atoms with van der Waals surface area (Å²) in [5.74, 6) is 1.15. The second kappa shape index (κ2) is 4.82. The molecule has 22 heavy (non-hydrogen) atoms. The van der Waals surface area contributed by atoms with E-state index in [4.69, 9.17) is 0 Å². The second-order valence-corrected chi connectivity index (χ2v) is 8.26. The number of hydrogen-bond acceptors (Lipinski definition) is 2. The molecule has 1 amide bonds. The summed E-state index contributed by atoms with van der Waals surface area (Å²) in [5.41, 5.74) is 1.27. The number of hydrogen-bond donors (Lipinski definition) is 1. The quantitative estimate of drug-likeness (QED) is 0.932. The van der Waals surface area contributed by atoms with Gasteiger partial charge in [-0.15, -0.1) is 0 Å². The molecular weight excluding hydrogens is 274 g/mol. The molecule has 3 fully saturated rings. The fourth-order valence-electron chi connectivity index (χ4n) is 4.87. The van der Waals surface area contributed by atoms with E-state index in [1.807, 2.05) is 11.8 Å². The number of nitrogens with zero attached hydrogens (tertiary/aromatic N) is 1. The van der Waals surface area contributed by atoms with Crippen molar-refractivity contribution in [3.8, 4) is 0 Å². The molecule has 0 aromatic heterocycles. The Morgan fingerprint density at radius 2 is 1.82 bits per heavy atom. The van der Waals surface area contributed by atoms with Crippen molar-refractivity contribution in [3.05, 3.63) is 35.9 Å². The fraction of sp³-hybridized carbons (Fsp3) is 0.632. The summed E-state index contributed by atoms with van der Waals surface area (Å²) in [6.07, 6.45) is 5.02. The molecule has 1 aromatic rings. The van der Waals surface area contributed by atoms with Gasteiger partial charge in [-0.3, -0.25) is 4.79 Å². The maximum atomic E-state index is 12.3. The Bertz CT molecular complexity index is 558. The molecule has 0 bridgehead atoms. The van der Waals surface area contributed by atoms with Crippen molar-refractivity contribution in [3.63, 3.8) is 0 Å². The van der Waals surface area contributed by atoms with Crippen LogP contribution in [0.15, 0.2) is 30.3 Å². The molecule has 0 unspecified atom stereocenters. The van der Waals surface area contributed by atoms with Crippen molar-refractivity contribution in [1.29, 1.82) is 0 Å². The molecule has 4 rings (SSSR count). The van der Waals surface area contributed by atoms with Crippen LogP contribution in [0.4, 0.5) is 0 Å². The van der Waals surface area contributed by atoms with Crippen molar-refractivity contribution < 1.29 is 9.90 Å². The lowest BCUT2D eigenvalue weighted by Crippen LogP contribution is -2.66. The van der Waals surface area contributed by atoms with Gasteiger partial charge in [0.25, 0.3) is 0 Å². The van der Waals surface area contributed by atoms with Crippen molar-refractivity contribution >= 4 is 5.91 Å². The van der Waals surface area contributed by atoms with Gasteiger partial charge < -0.3 is 10.0 Å². The normalized spacial score (nSPS) is 33.0. The van der Waals surface area contributed by atoms with E-state index in [1.165, 1.54) is 24.8 Å². The van der Waals surface area contributed by atoms with Gasteiger partial charge in [0.1, 0.15) is 0 Å². The molecule has 2 saturated carbocycles. The van der Waals surface area contributed by atoms with Crippen molar-refractivity contribution in [2.75, 3.05) is 13.1 Å². The second-order valence-electron chi connectivity index (χ2n) is 8.26. The van der Waals surface area contributed by atoms with Crippen LogP contribution in [0.3, 0.4) is 0 Å². The molecule has 0 atom stereocenters. The van der Waals surface area contributed by atoms with Crippen LogP contribution in [0, 0.1) is 17.3 Å². The average molecular weight is 299 g/mol. The molecule has 118 valence electrons. The van der Waals surface area contributed by atoms with Gasteiger partial charge in [0, 0.05) is 24.4 Å². The first kappa shape index (κ1) is 14.3. The molecular formula is C19H25NO2. The zero-order valence-corrected chi connectivity index (χ0v) is 13.3. The van der Waals surface area contributed by atoms with Crippen molar-refractivity contribution in [1.82, 2.24) is 4.90 Å². The predicted molar refractivity (Wildman–Crippen MR) is 85.2 cm³/mol. The molecule has 1 saturated heterocycles. The van der Waals surface area contributed by atoms with E-state index in [1.54, 1.807) is 0 Å². The monoisotopic (exact) mass is 299 g/mol. The number of benzene rings is 1. The summed E-state index contributed by atoms with van der Waals surface area (Å²) >= 11 is 0. The fourth-order valence-corrected chi connectivity index (χ4v) is 4.87. The van der Waals surface area contributed by atoms with Crippen LogP contribution < -0.4 is 0 Å². The van der Waals surface area contributed by atoms with Crippen LogP contribution in [0.25, 0.3) is 0 Å². The Morgan fingerprint density at radius 3 is 2.41 bits per heavy atom. The Morgan fingerprint density at radius 1 is 1.18 bits per heavy atom. The highest BCUT2D eigenvalue weighted by molar-refractivity contribution is 5.81. The topological polar surface area (TPSA) is 40.5 Å². The Kier molecular flexibility index (Phi) is 3.12. The minimum atomic E-state index is -0.597. The van der Waals surface area contributed by atoms with Gasteiger partial charge in [-0.1, -0.05) is 30.3 Å². The Hall–Kier alpha value is -1.35. The smallest absolute Gasteiger partial charge is 0.225 e. The Balaban J connectivity index is 1.23. The summed E-state index contributed by atoms with van der Waals surface area (Å²) in [7, 11) is 0. The standard InChI is InChI=1S/C19H25NO2/c1-18(22)10-16(11-18)17(21)20-12-19(13-20)8-15(9-19)7-14-5-3-2-4-6-14/h2-6,15-16,22H,7-13H2,1H3. The minimum absolute atomic E-state index is 0.0764. The zero-order valence-electron chi connectivity index (χ0n) is 13.3. The zero-order chi connectivity index (χ0) is 15.4. The first-order chi connectivity index (χ1) is 10.4. The van der Waals surface area contributed by atoms with E-state index >= 15 is 0 Å². The first-order valence-corrected chi connectivity index (χ1v) is 8.50. The van der Waals surface area contributed by atoms with E-state index in [9.17, 15) is 9.90 Å². The number of amides is 1. The lowest BCUT2D eigenvalue weighted by Gasteiger charge is -2.60. The van der Waals surface area contributed by atoms with E-state index in [0.717, 1.165) is 19.0 Å². The van der Waals surface area contributed by atoms with Crippen LogP contribution in [0.2, 0.25) is 0 Å². The molecule has 2 aliphatic carbocycles. The molecule has 3 nitrogen and oxygen atoms in total. The SMILES string of the molecule is CC1(O)CC(C(=O)N2CC3(CC(Cc4ccccc4)C3)C2)C1. The van der Waals surface area contributed by atoms with Gasteiger partial charge in [0.15, 0.2) is 0 Å². The number of likely N-dealkylation sites (tertiary alicyclic amines) is 1. The third-order valence-corrected chi connectivity index (χ3v) is 5.90. The first-order valence-electron chi connectivity index (χ1n) is 8.50. The summed E-state index contributed by atoms with van der Waals surface area (Å²) < 4.78 is 0. The lowest BCUT2D eigenvalue weighted by atomic mass is 9.56. The molecule has 3 heteroatoms. The molecule has 1 aromatic carbocycles. The van der Waals surface area contributed by atoms with E-state index in [-0.39, 0.29) is 11.8 Å². The average Bonchev–Trinajstić information content (AvgIpc) is 2.37. The maximum absolute atomic E-state index is 12.3. The van der Waals surface area contributed by atoms with Gasteiger partial charge >= 0.3 is 0 Å². The van der Waals surface area contributed by atoms with Crippen LogP contribution in [-0.2, 0) is 11.2 Å². The third kappa shape index (κ3) is 2.45. The summed E-state index contributed by atoms with van der Waals surface area (Å²) in [6.45, 7) is 3.74. The molecule has 1 aliphatic heterocycles. The highest BCUT2D eigenvalue weighted by atomic mass is 16.3. The van der Waals surface area contributed by atoms with Crippen LogP contribution in [0.5, 0.6) is 0 Å².